The average Bonchev–Trinajstić information content (AvgIpc) is 2.84. The molecule has 0 spiro atoms. The lowest BCUT2D eigenvalue weighted by molar-refractivity contribution is 0.0522. The van der Waals surface area contributed by atoms with Crippen molar-refractivity contribution >= 4 is 6.09 Å². The topological polar surface area (TPSA) is 55.3 Å². The van der Waals surface area contributed by atoms with Crippen LogP contribution in [-0.4, -0.2) is 28.3 Å². The molecular weight excluding hydrogens is 242 g/mol. The van der Waals surface area contributed by atoms with Crippen LogP contribution in [0.25, 0.3) is 0 Å². The zero-order valence-electron chi connectivity index (χ0n) is 12.1. The van der Waals surface area contributed by atoms with Crippen molar-refractivity contribution in [2.75, 3.05) is 0 Å². The van der Waals surface area contributed by atoms with Gasteiger partial charge in [0, 0.05) is 38.1 Å². The van der Waals surface area contributed by atoms with Crippen molar-refractivity contribution in [3.8, 4) is 0 Å². The molecule has 1 aromatic rings. The van der Waals surface area contributed by atoms with Gasteiger partial charge in [-0.25, -0.2) is 4.79 Å². The maximum absolute atomic E-state index is 11.6. The van der Waals surface area contributed by atoms with Crippen LogP contribution >= 0.6 is 0 Å². The normalized spacial score (nSPS) is 22.1. The number of aryl methyl sites for hydroxylation is 1. The highest BCUT2D eigenvalue weighted by atomic mass is 16.6. The van der Waals surface area contributed by atoms with Crippen molar-refractivity contribution in [1.29, 1.82) is 0 Å². The fourth-order valence-corrected chi connectivity index (χ4v) is 1.95. The Bertz CT molecular complexity index is 448. The van der Waals surface area contributed by atoms with Gasteiger partial charge in [-0.05, 0) is 38.8 Å². The van der Waals surface area contributed by atoms with Crippen LogP contribution in [-0.2, 0) is 18.3 Å². The number of alkyl carbamates (subject to hydrolysis) is 1. The van der Waals surface area contributed by atoms with E-state index >= 15 is 0 Å². The lowest BCUT2D eigenvalue weighted by Crippen LogP contribution is -2.36. The monoisotopic (exact) mass is 265 g/mol. The molecule has 2 N–H and O–H groups in total. The van der Waals surface area contributed by atoms with Crippen molar-refractivity contribution in [3.05, 3.63) is 24.0 Å². The second-order valence-corrected chi connectivity index (χ2v) is 6.16. The minimum atomic E-state index is -0.439. The molecular formula is C14H23N3O2. The molecule has 0 saturated heterocycles. The molecule has 0 bridgehead atoms. The number of rotatable bonds is 4. The largest absolute Gasteiger partial charge is 0.444 e. The summed E-state index contributed by atoms with van der Waals surface area (Å²) in [5.41, 5.74) is 0.816. The number of carbonyl (C=O) groups is 1. The highest BCUT2D eigenvalue weighted by molar-refractivity contribution is 5.68. The van der Waals surface area contributed by atoms with E-state index in [1.54, 1.807) is 0 Å². The highest BCUT2D eigenvalue weighted by Crippen LogP contribution is 2.22. The first-order chi connectivity index (χ1) is 8.83. The van der Waals surface area contributed by atoms with Crippen LogP contribution in [0.15, 0.2) is 18.5 Å². The fraction of sp³-hybridized carbons (Fsp3) is 0.643. The van der Waals surface area contributed by atoms with Crippen LogP contribution in [0.5, 0.6) is 0 Å². The number of nitrogens with zero attached hydrogens (tertiary/aromatic N) is 1. The standard InChI is InChI=1S/C14H23N3O2/c1-14(2,3)19-13(18)16-12-7-11(12)15-8-10-5-6-17(4)9-10/h5-6,9,11-12,15H,7-8H2,1-4H3,(H,16,18). The van der Waals surface area contributed by atoms with Crippen LogP contribution in [0.1, 0.15) is 32.8 Å². The van der Waals surface area contributed by atoms with Gasteiger partial charge >= 0.3 is 6.09 Å². The second kappa shape index (κ2) is 5.25. The Kier molecular flexibility index (Phi) is 3.85. The maximum atomic E-state index is 11.6. The first kappa shape index (κ1) is 13.9. The van der Waals surface area contributed by atoms with Crippen LogP contribution in [0, 0.1) is 0 Å². The number of carbonyl (C=O) groups excluding carboxylic acids is 1. The first-order valence-electron chi connectivity index (χ1n) is 6.67. The highest BCUT2D eigenvalue weighted by Gasteiger charge is 2.38. The van der Waals surface area contributed by atoms with Crippen molar-refractivity contribution in [1.82, 2.24) is 15.2 Å². The summed E-state index contributed by atoms with van der Waals surface area (Å²) >= 11 is 0. The number of amides is 1. The van der Waals surface area contributed by atoms with E-state index in [2.05, 4.69) is 22.9 Å². The van der Waals surface area contributed by atoms with E-state index in [9.17, 15) is 4.79 Å². The minimum absolute atomic E-state index is 0.193. The van der Waals surface area contributed by atoms with Crippen LogP contribution in [0.2, 0.25) is 0 Å². The summed E-state index contributed by atoms with van der Waals surface area (Å²) in [6.45, 7) is 6.43. The third kappa shape index (κ3) is 4.59. The molecule has 106 valence electrons. The Morgan fingerprint density at radius 1 is 1.47 bits per heavy atom. The van der Waals surface area contributed by atoms with E-state index in [4.69, 9.17) is 4.74 Å². The first-order valence-corrected chi connectivity index (χ1v) is 6.67. The SMILES string of the molecule is Cn1ccc(CNC2CC2NC(=O)OC(C)(C)C)c1. The average molecular weight is 265 g/mol. The van der Waals surface area contributed by atoms with Gasteiger partial charge in [-0.2, -0.15) is 0 Å². The molecule has 2 atom stereocenters. The Morgan fingerprint density at radius 3 is 2.79 bits per heavy atom. The lowest BCUT2D eigenvalue weighted by atomic mass is 10.2. The predicted octanol–water partition coefficient (Wildman–Crippen LogP) is 1.78. The molecule has 1 amide bonds. The Labute approximate surface area is 114 Å². The van der Waals surface area contributed by atoms with E-state index in [1.165, 1.54) is 5.56 Å². The Hall–Kier alpha value is -1.49. The Morgan fingerprint density at radius 2 is 2.21 bits per heavy atom. The zero-order chi connectivity index (χ0) is 14.0. The second-order valence-electron chi connectivity index (χ2n) is 6.16. The molecule has 1 fully saturated rings. The summed E-state index contributed by atoms with van der Waals surface area (Å²) in [6, 6.07) is 2.64. The molecule has 5 heteroatoms. The van der Waals surface area contributed by atoms with Gasteiger partial charge in [0.1, 0.15) is 5.60 Å². The predicted molar refractivity (Wildman–Crippen MR) is 73.8 cm³/mol. The van der Waals surface area contributed by atoms with Gasteiger partial charge in [0.05, 0.1) is 0 Å². The molecule has 1 heterocycles. The van der Waals surface area contributed by atoms with E-state index < -0.39 is 5.60 Å². The van der Waals surface area contributed by atoms with E-state index in [0.29, 0.717) is 6.04 Å². The molecule has 19 heavy (non-hydrogen) atoms. The summed E-state index contributed by atoms with van der Waals surface area (Å²) in [4.78, 5) is 11.6. The van der Waals surface area contributed by atoms with Crippen molar-refractivity contribution in [3.63, 3.8) is 0 Å². The van der Waals surface area contributed by atoms with Crippen molar-refractivity contribution in [2.24, 2.45) is 7.05 Å². The van der Waals surface area contributed by atoms with Gasteiger partial charge < -0.3 is 19.9 Å². The van der Waals surface area contributed by atoms with Crippen LogP contribution in [0.4, 0.5) is 4.79 Å². The molecule has 0 aliphatic heterocycles. The van der Waals surface area contributed by atoms with Crippen LogP contribution in [0.3, 0.4) is 0 Å². The van der Waals surface area contributed by atoms with Gasteiger partial charge in [0.25, 0.3) is 0 Å². The molecule has 1 saturated carbocycles. The van der Waals surface area contributed by atoms with Gasteiger partial charge in [-0.3, -0.25) is 0 Å². The summed E-state index contributed by atoms with van der Waals surface area (Å²) < 4.78 is 7.25. The molecule has 2 rings (SSSR count). The molecule has 1 aliphatic rings. The van der Waals surface area contributed by atoms with E-state index in [0.717, 1.165) is 13.0 Å². The Balaban J connectivity index is 1.66. The molecule has 0 radical (unpaired) electrons. The van der Waals surface area contributed by atoms with Gasteiger partial charge in [0.15, 0.2) is 0 Å². The third-order valence-electron chi connectivity index (χ3n) is 2.95. The number of aromatic nitrogens is 1. The lowest BCUT2D eigenvalue weighted by Gasteiger charge is -2.19. The molecule has 1 aliphatic carbocycles. The quantitative estimate of drug-likeness (QED) is 0.872. The van der Waals surface area contributed by atoms with Crippen LogP contribution < -0.4 is 10.6 Å². The molecule has 1 aromatic heterocycles. The molecule has 5 nitrogen and oxygen atoms in total. The number of nitrogens with one attached hydrogen (secondary N) is 2. The minimum Gasteiger partial charge on any atom is -0.444 e. The van der Waals surface area contributed by atoms with E-state index in [1.807, 2.05) is 38.6 Å². The number of hydrogen-bond acceptors (Lipinski definition) is 3. The maximum Gasteiger partial charge on any atom is 0.407 e. The van der Waals surface area contributed by atoms with Crippen molar-refractivity contribution in [2.45, 2.75) is 51.4 Å². The summed E-state index contributed by atoms with van der Waals surface area (Å²) in [7, 11) is 2.01. The van der Waals surface area contributed by atoms with Crippen molar-refractivity contribution < 1.29 is 9.53 Å². The molecule has 0 aromatic carbocycles. The van der Waals surface area contributed by atoms with Gasteiger partial charge in [-0.15, -0.1) is 0 Å². The number of hydrogen-bond donors (Lipinski definition) is 2. The third-order valence-corrected chi connectivity index (χ3v) is 2.95. The van der Waals surface area contributed by atoms with E-state index in [-0.39, 0.29) is 12.1 Å². The van der Waals surface area contributed by atoms with Gasteiger partial charge in [-0.1, -0.05) is 0 Å². The number of ether oxygens (including phenoxy) is 1. The zero-order valence-corrected chi connectivity index (χ0v) is 12.1. The fourth-order valence-electron chi connectivity index (χ4n) is 1.95. The van der Waals surface area contributed by atoms with Gasteiger partial charge in [0.2, 0.25) is 0 Å². The smallest absolute Gasteiger partial charge is 0.407 e. The molecule has 2 unspecified atom stereocenters. The summed E-state index contributed by atoms with van der Waals surface area (Å²) in [5.74, 6) is 0. The summed E-state index contributed by atoms with van der Waals surface area (Å²) in [6.07, 6.45) is 4.75. The summed E-state index contributed by atoms with van der Waals surface area (Å²) in [5, 5.41) is 6.29.